The lowest BCUT2D eigenvalue weighted by Crippen LogP contribution is -2.19. The lowest BCUT2D eigenvalue weighted by atomic mass is 10.1. The predicted octanol–water partition coefficient (Wildman–Crippen LogP) is 5.40. The third-order valence-electron chi connectivity index (χ3n) is 4.51. The zero-order valence-electron chi connectivity index (χ0n) is 15.4. The van der Waals surface area contributed by atoms with Gasteiger partial charge in [-0.3, -0.25) is 4.79 Å². The van der Waals surface area contributed by atoms with Crippen molar-refractivity contribution in [2.24, 2.45) is 4.99 Å². The Bertz CT molecular complexity index is 1230. The molecular weight excluding hydrogens is 436 g/mol. The number of thiazole rings is 1. The molecule has 3 aromatic carbocycles. The largest absolute Gasteiger partial charge is 0.380 e. The number of ether oxygens (including phenoxy) is 1. The van der Waals surface area contributed by atoms with Crippen molar-refractivity contribution in [3.63, 3.8) is 0 Å². The van der Waals surface area contributed by atoms with Crippen molar-refractivity contribution < 1.29 is 9.53 Å². The Morgan fingerprint density at radius 1 is 1.14 bits per heavy atom. The van der Waals surface area contributed by atoms with E-state index in [0.717, 1.165) is 14.7 Å². The van der Waals surface area contributed by atoms with Crippen LogP contribution in [0.3, 0.4) is 0 Å². The fourth-order valence-electron chi connectivity index (χ4n) is 3.17. The molecule has 0 N–H and O–H groups in total. The Balaban J connectivity index is 1.89. The van der Waals surface area contributed by atoms with E-state index >= 15 is 0 Å². The minimum Gasteiger partial charge on any atom is -0.380 e. The molecule has 0 aliphatic carbocycles. The molecule has 0 atom stereocenters. The average Bonchev–Trinajstić information content (AvgIpc) is 3.06. The smallest absolute Gasteiger partial charge is 0.279 e. The molecule has 4 aromatic rings. The van der Waals surface area contributed by atoms with Gasteiger partial charge in [0, 0.05) is 28.6 Å². The number of nitrogens with zero attached hydrogens (tertiary/aromatic N) is 2. The number of halogens is 1. The lowest BCUT2D eigenvalue weighted by molar-refractivity contribution is 0.0996. The van der Waals surface area contributed by atoms with Gasteiger partial charge in [-0.2, -0.15) is 4.99 Å². The van der Waals surface area contributed by atoms with Gasteiger partial charge in [-0.25, -0.2) is 0 Å². The van der Waals surface area contributed by atoms with E-state index in [1.165, 1.54) is 10.8 Å². The van der Waals surface area contributed by atoms with Crippen LogP contribution in [-0.2, 0) is 11.3 Å². The molecule has 1 aromatic heterocycles. The second kappa shape index (κ2) is 8.39. The summed E-state index contributed by atoms with van der Waals surface area (Å²) in [5.41, 5.74) is 1.64. The molecule has 1 amide bonds. The monoisotopic (exact) mass is 454 g/mol. The molecule has 142 valence electrons. The molecule has 0 bridgehead atoms. The molecular formula is C22H19BrN2O2S. The van der Waals surface area contributed by atoms with Crippen LogP contribution in [0.1, 0.15) is 17.3 Å². The predicted molar refractivity (Wildman–Crippen MR) is 118 cm³/mol. The zero-order valence-corrected chi connectivity index (χ0v) is 17.8. The van der Waals surface area contributed by atoms with Crippen LogP contribution in [-0.4, -0.2) is 23.7 Å². The number of hydrogen-bond donors (Lipinski definition) is 0. The third kappa shape index (κ3) is 3.81. The van der Waals surface area contributed by atoms with E-state index in [9.17, 15) is 4.79 Å². The quantitative estimate of drug-likeness (QED) is 0.379. The Hall–Kier alpha value is -2.28. The molecule has 0 saturated heterocycles. The number of fused-ring (bicyclic) bond motifs is 3. The van der Waals surface area contributed by atoms with Crippen LogP contribution in [0.25, 0.3) is 21.0 Å². The molecule has 0 aliphatic heterocycles. The number of carbonyl (C=O) groups is 1. The fraction of sp³-hybridized carbons (Fsp3) is 0.182. The van der Waals surface area contributed by atoms with Gasteiger partial charge in [0.25, 0.3) is 5.91 Å². The van der Waals surface area contributed by atoms with Crippen molar-refractivity contribution in [1.29, 1.82) is 0 Å². The van der Waals surface area contributed by atoms with E-state index in [2.05, 4.69) is 49.8 Å². The summed E-state index contributed by atoms with van der Waals surface area (Å²) >= 11 is 4.96. The van der Waals surface area contributed by atoms with Gasteiger partial charge in [-0.05, 0) is 36.6 Å². The van der Waals surface area contributed by atoms with Crippen molar-refractivity contribution in [3.05, 3.63) is 75.5 Å². The summed E-state index contributed by atoms with van der Waals surface area (Å²) in [4.78, 5) is 17.9. The normalized spacial score (nSPS) is 12.1. The molecule has 6 heteroatoms. The average molecular weight is 455 g/mol. The number of amides is 1. The molecule has 0 radical (unpaired) electrons. The molecule has 0 unspecified atom stereocenters. The number of hydrogen-bond acceptors (Lipinski definition) is 3. The van der Waals surface area contributed by atoms with Crippen molar-refractivity contribution in [3.8, 4) is 0 Å². The van der Waals surface area contributed by atoms with Gasteiger partial charge in [-0.1, -0.05) is 63.7 Å². The summed E-state index contributed by atoms with van der Waals surface area (Å²) in [7, 11) is 0. The Labute approximate surface area is 175 Å². The van der Waals surface area contributed by atoms with Crippen LogP contribution in [0.15, 0.2) is 70.1 Å². The van der Waals surface area contributed by atoms with Crippen LogP contribution < -0.4 is 4.80 Å². The van der Waals surface area contributed by atoms with E-state index in [0.29, 0.717) is 30.1 Å². The minimum atomic E-state index is -0.248. The van der Waals surface area contributed by atoms with Crippen molar-refractivity contribution in [2.45, 2.75) is 13.5 Å². The molecule has 0 spiro atoms. The Morgan fingerprint density at radius 3 is 2.82 bits per heavy atom. The van der Waals surface area contributed by atoms with Crippen LogP contribution in [0, 0.1) is 0 Å². The molecule has 0 saturated carbocycles. The number of carbonyl (C=O) groups excluding carboxylic acids is 1. The van der Waals surface area contributed by atoms with Crippen LogP contribution >= 0.6 is 27.3 Å². The van der Waals surface area contributed by atoms with Crippen molar-refractivity contribution >= 4 is 54.2 Å². The second-order valence-corrected chi connectivity index (χ2v) is 8.19. The second-order valence-electron chi connectivity index (χ2n) is 6.30. The van der Waals surface area contributed by atoms with Gasteiger partial charge >= 0.3 is 0 Å². The fourth-order valence-corrected chi connectivity index (χ4v) is 4.76. The first kappa shape index (κ1) is 19.1. The van der Waals surface area contributed by atoms with Crippen molar-refractivity contribution in [1.82, 2.24) is 4.57 Å². The highest BCUT2D eigenvalue weighted by Gasteiger charge is 2.12. The number of benzene rings is 3. The molecule has 0 aliphatic rings. The molecule has 4 rings (SSSR count). The Kier molecular flexibility index (Phi) is 5.71. The molecule has 0 fully saturated rings. The third-order valence-corrected chi connectivity index (χ3v) is 6.13. The van der Waals surface area contributed by atoms with Gasteiger partial charge < -0.3 is 9.30 Å². The lowest BCUT2D eigenvalue weighted by Gasteiger charge is -2.06. The summed E-state index contributed by atoms with van der Waals surface area (Å²) in [5, 5.41) is 2.35. The summed E-state index contributed by atoms with van der Waals surface area (Å²) in [6.45, 7) is 3.87. The topological polar surface area (TPSA) is 43.6 Å². The van der Waals surface area contributed by atoms with Gasteiger partial charge in [0.2, 0.25) is 0 Å². The first-order chi connectivity index (χ1) is 13.7. The van der Waals surface area contributed by atoms with E-state index in [1.807, 2.05) is 31.2 Å². The maximum Gasteiger partial charge on any atom is 0.279 e. The molecule has 28 heavy (non-hydrogen) atoms. The first-order valence-corrected chi connectivity index (χ1v) is 10.7. The van der Waals surface area contributed by atoms with Crippen LogP contribution in [0.5, 0.6) is 0 Å². The van der Waals surface area contributed by atoms with Crippen molar-refractivity contribution in [2.75, 3.05) is 13.2 Å². The summed E-state index contributed by atoms with van der Waals surface area (Å²) in [6.07, 6.45) is 0. The highest BCUT2D eigenvalue weighted by atomic mass is 79.9. The summed E-state index contributed by atoms with van der Waals surface area (Å²) < 4.78 is 9.63. The maximum atomic E-state index is 12.8. The molecule has 4 nitrogen and oxygen atoms in total. The van der Waals surface area contributed by atoms with E-state index in [-0.39, 0.29) is 5.91 Å². The van der Waals surface area contributed by atoms with Crippen LogP contribution in [0.4, 0.5) is 0 Å². The van der Waals surface area contributed by atoms with E-state index < -0.39 is 0 Å². The van der Waals surface area contributed by atoms with E-state index in [4.69, 9.17) is 4.74 Å². The van der Waals surface area contributed by atoms with Gasteiger partial charge in [-0.15, -0.1) is 0 Å². The zero-order chi connectivity index (χ0) is 19.5. The number of rotatable bonds is 5. The van der Waals surface area contributed by atoms with Gasteiger partial charge in [0.05, 0.1) is 16.8 Å². The summed E-state index contributed by atoms with van der Waals surface area (Å²) in [6, 6.07) is 19.8. The Morgan fingerprint density at radius 2 is 2.00 bits per heavy atom. The molecule has 1 heterocycles. The minimum absolute atomic E-state index is 0.248. The number of aromatic nitrogens is 1. The van der Waals surface area contributed by atoms with Crippen LogP contribution in [0.2, 0.25) is 0 Å². The van der Waals surface area contributed by atoms with E-state index in [1.54, 1.807) is 23.5 Å². The standard InChI is InChI=1S/C22H19BrN2O2S/c1-2-27-13-12-25-19-11-10-15-6-3-4-9-18(15)20(19)28-22(25)24-21(26)16-7-5-8-17(23)14-16/h3-11,14H,2,12-13H2,1H3. The van der Waals surface area contributed by atoms with Gasteiger partial charge in [0.15, 0.2) is 4.80 Å². The first-order valence-electron chi connectivity index (χ1n) is 9.11. The maximum absolute atomic E-state index is 12.8. The highest BCUT2D eigenvalue weighted by molar-refractivity contribution is 9.10. The summed E-state index contributed by atoms with van der Waals surface area (Å²) in [5.74, 6) is -0.248. The SMILES string of the molecule is CCOCCn1c(=NC(=O)c2cccc(Br)c2)sc2c3ccccc3ccc21. The highest BCUT2D eigenvalue weighted by Crippen LogP contribution is 2.27. The van der Waals surface area contributed by atoms with Gasteiger partial charge in [0.1, 0.15) is 0 Å².